The first-order valence-corrected chi connectivity index (χ1v) is 9.86. The molecular formula is C21H21N3O2S. The van der Waals surface area contributed by atoms with Crippen molar-refractivity contribution in [1.82, 2.24) is 10.3 Å². The number of carbonyl (C=O) groups excluding carboxylic acids is 1. The second-order valence-electron chi connectivity index (χ2n) is 6.39. The first-order valence-electron chi connectivity index (χ1n) is 8.98. The van der Waals surface area contributed by atoms with Crippen molar-refractivity contribution in [2.24, 2.45) is 0 Å². The second-order valence-corrected chi connectivity index (χ2v) is 7.34. The lowest BCUT2D eigenvalue weighted by atomic mass is 10.1. The summed E-state index contributed by atoms with van der Waals surface area (Å²) in [5.74, 6) is -0.113. The number of morpholine rings is 1. The topological polar surface area (TPSA) is 54.5 Å². The summed E-state index contributed by atoms with van der Waals surface area (Å²) in [7, 11) is 0. The minimum atomic E-state index is -0.113. The van der Waals surface area contributed by atoms with E-state index in [2.05, 4.69) is 39.5 Å². The van der Waals surface area contributed by atoms with E-state index in [1.165, 1.54) is 5.69 Å². The third kappa shape index (κ3) is 4.35. The van der Waals surface area contributed by atoms with Crippen LogP contribution < -0.4 is 10.2 Å². The Labute approximate surface area is 162 Å². The van der Waals surface area contributed by atoms with Gasteiger partial charge in [-0.1, -0.05) is 18.2 Å². The van der Waals surface area contributed by atoms with E-state index >= 15 is 0 Å². The summed E-state index contributed by atoms with van der Waals surface area (Å²) < 4.78 is 5.39. The first kappa shape index (κ1) is 17.7. The molecular weight excluding hydrogens is 358 g/mol. The zero-order valence-corrected chi connectivity index (χ0v) is 15.7. The molecule has 2 aromatic heterocycles. The highest BCUT2D eigenvalue weighted by Gasteiger charge is 2.11. The molecule has 0 aliphatic carbocycles. The van der Waals surface area contributed by atoms with Gasteiger partial charge in [-0.25, -0.2) is 0 Å². The second kappa shape index (κ2) is 8.33. The van der Waals surface area contributed by atoms with Crippen molar-refractivity contribution in [3.05, 3.63) is 71.4 Å². The average molecular weight is 379 g/mol. The van der Waals surface area contributed by atoms with E-state index in [9.17, 15) is 4.79 Å². The molecule has 0 spiro atoms. The highest BCUT2D eigenvalue weighted by atomic mass is 32.1. The highest BCUT2D eigenvalue weighted by molar-refractivity contribution is 7.13. The lowest BCUT2D eigenvalue weighted by molar-refractivity contribution is 0.0950. The van der Waals surface area contributed by atoms with E-state index < -0.39 is 0 Å². The quantitative estimate of drug-likeness (QED) is 0.736. The summed E-state index contributed by atoms with van der Waals surface area (Å²) in [6, 6.07) is 14.2. The number of thiophene rings is 1. The SMILES string of the molecule is O=C(NCc1ccc(N2CCOCC2)cc1)c1cncc(-c2cccs2)c1. The zero-order chi connectivity index (χ0) is 18.5. The molecule has 138 valence electrons. The number of ether oxygens (including phenoxy) is 1. The average Bonchev–Trinajstić information content (AvgIpc) is 3.28. The molecule has 1 fully saturated rings. The minimum absolute atomic E-state index is 0.113. The van der Waals surface area contributed by atoms with Crippen molar-refractivity contribution in [3.8, 4) is 10.4 Å². The minimum Gasteiger partial charge on any atom is -0.378 e. The van der Waals surface area contributed by atoms with Crippen LogP contribution in [-0.2, 0) is 11.3 Å². The zero-order valence-electron chi connectivity index (χ0n) is 14.9. The van der Waals surface area contributed by atoms with E-state index in [0.29, 0.717) is 12.1 Å². The fourth-order valence-corrected chi connectivity index (χ4v) is 3.78. The smallest absolute Gasteiger partial charge is 0.253 e. The van der Waals surface area contributed by atoms with Crippen LogP contribution in [0, 0.1) is 0 Å². The van der Waals surface area contributed by atoms with Crippen molar-refractivity contribution < 1.29 is 9.53 Å². The molecule has 1 amide bonds. The molecule has 0 radical (unpaired) electrons. The number of carbonyl (C=O) groups is 1. The van der Waals surface area contributed by atoms with Crippen LogP contribution in [0.3, 0.4) is 0 Å². The Bertz CT molecular complexity index is 888. The molecule has 5 nitrogen and oxygen atoms in total. The van der Waals surface area contributed by atoms with Crippen molar-refractivity contribution in [3.63, 3.8) is 0 Å². The molecule has 0 atom stereocenters. The Morgan fingerprint density at radius 3 is 2.70 bits per heavy atom. The number of rotatable bonds is 5. The van der Waals surface area contributed by atoms with Gasteiger partial charge in [0.15, 0.2) is 0 Å². The lowest BCUT2D eigenvalue weighted by Gasteiger charge is -2.28. The van der Waals surface area contributed by atoms with Crippen LogP contribution in [0.5, 0.6) is 0 Å². The van der Waals surface area contributed by atoms with E-state index in [0.717, 1.165) is 42.3 Å². The molecule has 0 bridgehead atoms. The number of benzene rings is 1. The molecule has 0 saturated carbocycles. The van der Waals surface area contributed by atoms with Crippen molar-refractivity contribution in [2.75, 3.05) is 31.2 Å². The van der Waals surface area contributed by atoms with E-state index in [4.69, 9.17) is 4.74 Å². The van der Waals surface area contributed by atoms with Gasteiger partial charge in [0.1, 0.15) is 0 Å². The van der Waals surface area contributed by atoms with Crippen LogP contribution in [0.15, 0.2) is 60.2 Å². The maximum Gasteiger partial charge on any atom is 0.253 e. The molecule has 1 aliphatic heterocycles. The summed E-state index contributed by atoms with van der Waals surface area (Å²) in [6.07, 6.45) is 3.39. The van der Waals surface area contributed by atoms with Gasteiger partial charge >= 0.3 is 0 Å². The molecule has 4 rings (SSSR count). The highest BCUT2D eigenvalue weighted by Crippen LogP contribution is 2.24. The maximum atomic E-state index is 12.5. The van der Waals surface area contributed by atoms with E-state index in [1.807, 2.05) is 23.6 Å². The van der Waals surface area contributed by atoms with Gasteiger partial charge in [-0.2, -0.15) is 0 Å². The predicted molar refractivity (Wildman–Crippen MR) is 108 cm³/mol. The van der Waals surface area contributed by atoms with Crippen molar-refractivity contribution in [2.45, 2.75) is 6.54 Å². The van der Waals surface area contributed by atoms with E-state index in [1.54, 1.807) is 23.7 Å². The fraction of sp³-hybridized carbons (Fsp3) is 0.238. The summed E-state index contributed by atoms with van der Waals surface area (Å²) in [6.45, 7) is 3.88. The van der Waals surface area contributed by atoms with E-state index in [-0.39, 0.29) is 5.91 Å². The van der Waals surface area contributed by atoms with Gasteiger partial charge in [0.2, 0.25) is 0 Å². The number of hydrogen-bond acceptors (Lipinski definition) is 5. The normalized spacial score (nSPS) is 14.1. The number of pyridine rings is 1. The number of amides is 1. The van der Waals surface area contributed by atoms with Crippen LogP contribution in [0.1, 0.15) is 15.9 Å². The number of nitrogens with one attached hydrogen (secondary N) is 1. The van der Waals surface area contributed by atoms with Gasteiger partial charge in [-0.3, -0.25) is 9.78 Å². The molecule has 1 N–H and O–H groups in total. The maximum absolute atomic E-state index is 12.5. The molecule has 27 heavy (non-hydrogen) atoms. The molecule has 3 heterocycles. The molecule has 3 aromatic rings. The fourth-order valence-electron chi connectivity index (χ4n) is 3.07. The summed E-state index contributed by atoms with van der Waals surface area (Å²) >= 11 is 1.64. The molecule has 1 aromatic carbocycles. The first-order chi connectivity index (χ1) is 13.3. The van der Waals surface area contributed by atoms with Crippen LogP contribution in [0.2, 0.25) is 0 Å². The van der Waals surface area contributed by atoms with Gasteiger partial charge in [0, 0.05) is 48.2 Å². The Balaban J connectivity index is 1.37. The Kier molecular flexibility index (Phi) is 5.46. The number of anilines is 1. The molecule has 1 saturated heterocycles. The molecule has 1 aliphatic rings. The van der Waals surface area contributed by atoms with Gasteiger partial charge < -0.3 is 15.0 Å². The van der Waals surface area contributed by atoms with Gasteiger partial charge in [0.05, 0.1) is 18.8 Å². The summed E-state index contributed by atoms with van der Waals surface area (Å²) in [4.78, 5) is 20.1. The standard InChI is InChI=1S/C21H21N3O2S/c25-21(18-12-17(14-22-15-18)20-2-1-11-27-20)23-13-16-3-5-19(6-4-16)24-7-9-26-10-8-24/h1-6,11-12,14-15H,7-10,13H2,(H,23,25). The van der Waals surface area contributed by atoms with Crippen LogP contribution in [-0.4, -0.2) is 37.2 Å². The predicted octanol–water partition coefficient (Wildman–Crippen LogP) is 3.58. The Morgan fingerprint density at radius 1 is 1.15 bits per heavy atom. The molecule has 6 heteroatoms. The Morgan fingerprint density at radius 2 is 1.96 bits per heavy atom. The number of nitrogens with zero attached hydrogens (tertiary/aromatic N) is 2. The lowest BCUT2D eigenvalue weighted by Crippen LogP contribution is -2.36. The Hall–Kier alpha value is -2.70. The van der Waals surface area contributed by atoms with Crippen molar-refractivity contribution >= 4 is 22.9 Å². The molecule has 0 unspecified atom stereocenters. The summed E-state index contributed by atoms with van der Waals surface area (Å²) in [5, 5.41) is 4.99. The number of hydrogen-bond donors (Lipinski definition) is 1. The van der Waals surface area contributed by atoms with Crippen molar-refractivity contribution in [1.29, 1.82) is 0 Å². The van der Waals surface area contributed by atoms with Crippen LogP contribution >= 0.6 is 11.3 Å². The van der Waals surface area contributed by atoms with Crippen LogP contribution in [0.4, 0.5) is 5.69 Å². The largest absolute Gasteiger partial charge is 0.378 e. The summed E-state index contributed by atoms with van der Waals surface area (Å²) in [5.41, 5.74) is 3.81. The van der Waals surface area contributed by atoms with Gasteiger partial charge in [0.25, 0.3) is 5.91 Å². The van der Waals surface area contributed by atoms with Crippen LogP contribution in [0.25, 0.3) is 10.4 Å². The van der Waals surface area contributed by atoms with Gasteiger partial charge in [-0.15, -0.1) is 11.3 Å². The monoisotopic (exact) mass is 379 g/mol. The number of aromatic nitrogens is 1. The third-order valence-corrected chi connectivity index (χ3v) is 5.49. The third-order valence-electron chi connectivity index (χ3n) is 4.57. The van der Waals surface area contributed by atoms with Gasteiger partial charge in [-0.05, 0) is 35.2 Å².